The largest absolute Gasteiger partial charge is 0.383 e. The molecule has 1 heterocycles. The second-order valence-electron chi connectivity index (χ2n) is 2.98. The highest BCUT2D eigenvalue weighted by Gasteiger charge is 2.04. The molecule has 0 atom stereocenters. The van der Waals surface area contributed by atoms with Gasteiger partial charge in [-0.2, -0.15) is 0 Å². The fourth-order valence-electron chi connectivity index (χ4n) is 1.08. The number of nitrogens with one attached hydrogen (secondary N) is 1. The Bertz CT molecular complexity index is 265. The molecule has 0 bridgehead atoms. The molecule has 0 aliphatic rings. The van der Waals surface area contributed by atoms with Crippen LogP contribution in [0, 0.1) is 0 Å². The first-order valence-electron chi connectivity index (χ1n) is 4.82. The summed E-state index contributed by atoms with van der Waals surface area (Å²) in [6.07, 6.45) is 0. The third-order valence-corrected chi connectivity index (χ3v) is 1.88. The summed E-state index contributed by atoms with van der Waals surface area (Å²) in [7, 11) is 3.32. The van der Waals surface area contributed by atoms with Gasteiger partial charge in [-0.25, -0.2) is 4.68 Å². The summed E-state index contributed by atoms with van der Waals surface area (Å²) in [5, 5.41) is 14.6. The van der Waals surface area contributed by atoms with Crippen molar-refractivity contribution in [3.8, 4) is 0 Å². The molecule has 0 aromatic carbocycles. The zero-order chi connectivity index (χ0) is 10.9. The van der Waals surface area contributed by atoms with Crippen molar-refractivity contribution in [1.82, 2.24) is 25.5 Å². The van der Waals surface area contributed by atoms with Gasteiger partial charge in [-0.1, -0.05) is 0 Å². The van der Waals surface area contributed by atoms with Gasteiger partial charge in [-0.3, -0.25) is 0 Å². The van der Waals surface area contributed by atoms with Crippen LogP contribution in [0.15, 0.2) is 0 Å². The highest BCUT2D eigenvalue weighted by molar-refractivity contribution is 4.79. The van der Waals surface area contributed by atoms with E-state index in [2.05, 4.69) is 20.8 Å². The van der Waals surface area contributed by atoms with E-state index in [0.717, 1.165) is 12.4 Å². The Morgan fingerprint density at radius 2 is 2.07 bits per heavy atom. The van der Waals surface area contributed by atoms with Crippen molar-refractivity contribution >= 4 is 0 Å². The van der Waals surface area contributed by atoms with Crippen LogP contribution in [-0.2, 0) is 22.6 Å². The average Bonchev–Trinajstić information content (AvgIpc) is 2.69. The molecule has 1 N–H and O–H groups in total. The first-order valence-corrected chi connectivity index (χ1v) is 4.82. The molecule has 7 nitrogen and oxygen atoms in total. The third kappa shape index (κ3) is 4.32. The van der Waals surface area contributed by atoms with Crippen molar-refractivity contribution in [2.45, 2.75) is 13.1 Å². The first kappa shape index (κ1) is 12.0. The van der Waals surface area contributed by atoms with Gasteiger partial charge in [0.25, 0.3) is 0 Å². The predicted molar refractivity (Wildman–Crippen MR) is 53.3 cm³/mol. The molecule has 0 aliphatic heterocycles. The molecule has 1 aromatic rings. The second kappa shape index (κ2) is 7.27. The first-order chi connectivity index (χ1) is 7.38. The number of rotatable bonds is 8. The van der Waals surface area contributed by atoms with Crippen LogP contribution in [0.3, 0.4) is 0 Å². The minimum atomic E-state index is 0.607. The van der Waals surface area contributed by atoms with E-state index < -0.39 is 0 Å². The molecular formula is C8H17N5O2. The van der Waals surface area contributed by atoms with Gasteiger partial charge in [0.15, 0.2) is 5.82 Å². The summed E-state index contributed by atoms with van der Waals surface area (Å²) < 4.78 is 11.6. The van der Waals surface area contributed by atoms with Crippen LogP contribution in [0.25, 0.3) is 0 Å². The highest BCUT2D eigenvalue weighted by Crippen LogP contribution is 1.91. The lowest BCUT2D eigenvalue weighted by Crippen LogP contribution is -2.22. The molecule has 0 aliphatic carbocycles. The lowest BCUT2D eigenvalue weighted by Gasteiger charge is -2.04. The zero-order valence-electron chi connectivity index (χ0n) is 9.14. The van der Waals surface area contributed by atoms with Crippen molar-refractivity contribution in [3.63, 3.8) is 0 Å². The van der Waals surface area contributed by atoms with Crippen molar-refractivity contribution < 1.29 is 9.47 Å². The molecule has 1 aromatic heterocycles. The van der Waals surface area contributed by atoms with E-state index in [-0.39, 0.29) is 0 Å². The topological polar surface area (TPSA) is 74.1 Å². The Morgan fingerprint density at radius 3 is 2.80 bits per heavy atom. The van der Waals surface area contributed by atoms with E-state index in [9.17, 15) is 0 Å². The SMILES string of the molecule is COCCNCc1nnnn1CCOC. The van der Waals surface area contributed by atoms with E-state index in [4.69, 9.17) is 9.47 Å². The number of hydrogen-bond donors (Lipinski definition) is 1. The van der Waals surface area contributed by atoms with Gasteiger partial charge in [0.05, 0.1) is 26.3 Å². The molecule has 0 unspecified atom stereocenters. The summed E-state index contributed by atoms with van der Waals surface area (Å²) >= 11 is 0. The minimum absolute atomic E-state index is 0.607. The molecule has 0 saturated heterocycles. The molecule has 1 rings (SSSR count). The van der Waals surface area contributed by atoms with Gasteiger partial charge in [0.2, 0.25) is 0 Å². The third-order valence-electron chi connectivity index (χ3n) is 1.88. The standard InChI is InChI=1S/C8H17N5O2/c1-14-5-3-9-7-8-10-11-12-13(8)4-6-15-2/h9H,3-7H2,1-2H3. The van der Waals surface area contributed by atoms with Crippen LogP contribution in [0.4, 0.5) is 0 Å². The van der Waals surface area contributed by atoms with Crippen LogP contribution in [0.1, 0.15) is 5.82 Å². The molecule has 86 valence electrons. The van der Waals surface area contributed by atoms with Gasteiger partial charge in [-0.15, -0.1) is 5.10 Å². The molecule has 0 amide bonds. The molecule has 0 radical (unpaired) electrons. The Kier molecular flexibility index (Phi) is 5.83. The molecule has 7 heteroatoms. The van der Waals surface area contributed by atoms with Gasteiger partial charge in [0.1, 0.15) is 0 Å². The summed E-state index contributed by atoms with van der Waals surface area (Å²) in [5.41, 5.74) is 0. The second-order valence-corrected chi connectivity index (χ2v) is 2.98. The number of methoxy groups -OCH3 is 2. The normalized spacial score (nSPS) is 10.8. The summed E-state index contributed by atoms with van der Waals surface area (Å²) in [5.74, 6) is 0.808. The van der Waals surface area contributed by atoms with Crippen LogP contribution in [0.2, 0.25) is 0 Å². The summed E-state index contributed by atoms with van der Waals surface area (Å²) in [4.78, 5) is 0. The van der Waals surface area contributed by atoms with Gasteiger partial charge < -0.3 is 14.8 Å². The molecule has 0 fully saturated rings. The maximum atomic E-state index is 4.96. The summed E-state index contributed by atoms with van der Waals surface area (Å²) in [6, 6.07) is 0. The maximum absolute atomic E-state index is 4.96. The highest BCUT2D eigenvalue weighted by atomic mass is 16.5. The van der Waals surface area contributed by atoms with E-state index in [0.29, 0.717) is 26.3 Å². The fraction of sp³-hybridized carbons (Fsp3) is 0.875. The number of nitrogens with zero attached hydrogens (tertiary/aromatic N) is 4. The Morgan fingerprint density at radius 1 is 1.27 bits per heavy atom. The van der Waals surface area contributed by atoms with Crippen LogP contribution < -0.4 is 5.32 Å². The molecule has 0 spiro atoms. The fourth-order valence-corrected chi connectivity index (χ4v) is 1.08. The molecule has 15 heavy (non-hydrogen) atoms. The maximum Gasteiger partial charge on any atom is 0.165 e. The minimum Gasteiger partial charge on any atom is -0.383 e. The predicted octanol–water partition coefficient (Wildman–Crippen LogP) is -0.944. The van der Waals surface area contributed by atoms with Crippen molar-refractivity contribution in [1.29, 1.82) is 0 Å². The van der Waals surface area contributed by atoms with Crippen molar-refractivity contribution in [2.24, 2.45) is 0 Å². The van der Waals surface area contributed by atoms with E-state index in [1.165, 1.54) is 0 Å². The quantitative estimate of drug-likeness (QED) is 0.564. The summed E-state index contributed by atoms with van der Waals surface area (Å²) in [6.45, 7) is 3.38. The van der Waals surface area contributed by atoms with Crippen LogP contribution >= 0.6 is 0 Å². The van der Waals surface area contributed by atoms with Crippen LogP contribution in [-0.4, -0.2) is 54.2 Å². The van der Waals surface area contributed by atoms with Crippen molar-refractivity contribution in [3.05, 3.63) is 5.82 Å². The average molecular weight is 215 g/mol. The van der Waals surface area contributed by atoms with E-state index in [1.807, 2.05) is 0 Å². The lowest BCUT2D eigenvalue weighted by atomic mass is 10.5. The van der Waals surface area contributed by atoms with Gasteiger partial charge >= 0.3 is 0 Å². The number of hydrogen-bond acceptors (Lipinski definition) is 6. The number of tetrazole rings is 1. The number of ether oxygens (including phenoxy) is 2. The molecular weight excluding hydrogens is 198 g/mol. The molecule has 0 saturated carbocycles. The van der Waals surface area contributed by atoms with E-state index in [1.54, 1.807) is 18.9 Å². The monoisotopic (exact) mass is 215 g/mol. The number of aromatic nitrogens is 4. The Balaban J connectivity index is 2.29. The van der Waals surface area contributed by atoms with Crippen LogP contribution in [0.5, 0.6) is 0 Å². The smallest absolute Gasteiger partial charge is 0.165 e. The Labute approximate surface area is 88.7 Å². The van der Waals surface area contributed by atoms with Gasteiger partial charge in [0, 0.05) is 20.8 Å². The van der Waals surface area contributed by atoms with Gasteiger partial charge in [-0.05, 0) is 10.4 Å². The van der Waals surface area contributed by atoms with Crippen molar-refractivity contribution in [2.75, 3.05) is 34.0 Å². The Hall–Kier alpha value is -1.05. The lowest BCUT2D eigenvalue weighted by molar-refractivity contribution is 0.181. The van der Waals surface area contributed by atoms with E-state index >= 15 is 0 Å². The zero-order valence-corrected chi connectivity index (χ0v) is 9.14.